The molecule has 6 aromatic heterocycles. The molecule has 0 saturated heterocycles. The van der Waals surface area contributed by atoms with E-state index < -0.39 is 0 Å². The Hall–Kier alpha value is -12.4. The van der Waals surface area contributed by atoms with Crippen LogP contribution in [0.25, 0.3) is 123 Å². The first-order chi connectivity index (χ1) is 50.6. The first-order valence-corrected chi connectivity index (χ1v) is 33.4. The van der Waals surface area contributed by atoms with Gasteiger partial charge in [-0.1, -0.05) is 224 Å². The maximum absolute atomic E-state index is 4.35. The second-order valence-electron chi connectivity index (χ2n) is 22.9. The van der Waals surface area contributed by atoms with Gasteiger partial charge in [0.15, 0.2) is 0 Å². The Balaban J connectivity index is 0.000000134. The number of nitrogens with zero attached hydrogens (tertiary/aromatic N) is 6. The van der Waals surface area contributed by atoms with E-state index in [1.807, 2.05) is 255 Å². The largest absolute Gasteiger partial charge is 3.00 e. The van der Waals surface area contributed by atoms with Gasteiger partial charge in [-0.2, -0.15) is 0 Å². The van der Waals surface area contributed by atoms with Crippen molar-refractivity contribution in [3.05, 3.63) is 450 Å². The third kappa shape index (κ3) is 22.3. The van der Waals surface area contributed by atoms with Crippen LogP contribution in [0.1, 0.15) is 0 Å². The van der Waals surface area contributed by atoms with Crippen LogP contribution >= 0.6 is 0 Å². The van der Waals surface area contributed by atoms with E-state index in [1.165, 1.54) is 55.6 Å². The van der Waals surface area contributed by atoms with Crippen LogP contribution in [-0.4, -0.2) is 29.9 Å². The van der Waals surface area contributed by atoms with Crippen LogP contribution in [0.2, 0.25) is 0 Å². The van der Waals surface area contributed by atoms with E-state index in [0.717, 1.165) is 67.5 Å². The number of rotatable bonds is 11. The topological polar surface area (TPSA) is 77.3 Å². The molecule has 0 spiro atoms. The van der Waals surface area contributed by atoms with E-state index in [2.05, 4.69) is 188 Å². The summed E-state index contributed by atoms with van der Waals surface area (Å²) >= 11 is 0. The van der Waals surface area contributed by atoms with Crippen LogP contribution in [0.4, 0.5) is 0 Å². The standard InChI is InChI=1S/5C17H12N.C11H8N.2Ir/c5*1-2-7-14(8-3-1)15-9-6-10-16(13-15)17-11-4-5-12-18-17;1-2-6-10(7-3-1)11-8-4-5-9-12-11;;/h5*1-9,11-13H;1-6,8-9H;;/q6*-1;2*+3. The SMILES string of the molecule is [Ir+3].[Ir+3].[c-]1ccc(-c2ccccc2)cc1-c1ccccn1.[c-]1ccc(-c2ccccc2)cc1-c1ccccn1.[c-]1ccc(-c2ccccc2)cc1-c1ccccn1.[c-]1ccc(-c2ccccc2)cc1-c1ccccn1.[c-]1ccc(-c2ccccc2)cc1-c1ccccn1.[c-]1ccccc1-c1ccccn1. The number of pyridine rings is 6. The molecule has 500 valence electrons. The molecule has 0 aliphatic carbocycles. The molecule has 6 nitrogen and oxygen atoms in total. The number of aromatic nitrogens is 6. The summed E-state index contributed by atoms with van der Waals surface area (Å²) in [7, 11) is 0. The molecule has 0 atom stereocenters. The zero-order valence-corrected chi connectivity index (χ0v) is 61.4. The predicted molar refractivity (Wildman–Crippen MR) is 418 cm³/mol. The molecule has 0 bridgehead atoms. The number of hydrogen-bond donors (Lipinski definition) is 0. The molecule has 11 aromatic carbocycles. The third-order valence-electron chi connectivity index (χ3n) is 15.9. The minimum absolute atomic E-state index is 0. The van der Waals surface area contributed by atoms with Crippen molar-refractivity contribution in [2.24, 2.45) is 0 Å². The van der Waals surface area contributed by atoms with Gasteiger partial charge in [0.25, 0.3) is 0 Å². The molecule has 0 amide bonds. The average Bonchev–Trinajstić information content (AvgIpc) is 0.867. The van der Waals surface area contributed by atoms with E-state index >= 15 is 0 Å². The van der Waals surface area contributed by atoms with Crippen molar-refractivity contribution in [2.75, 3.05) is 0 Å². The molecule has 0 unspecified atom stereocenters. The van der Waals surface area contributed by atoms with Crippen molar-refractivity contribution in [1.82, 2.24) is 29.9 Å². The molecule has 0 N–H and O–H groups in total. The van der Waals surface area contributed by atoms with Crippen LogP contribution in [0.5, 0.6) is 0 Å². The van der Waals surface area contributed by atoms with Gasteiger partial charge in [-0.05, 0) is 98.4 Å². The molecular formula is C96H68Ir2N6. The molecule has 6 heterocycles. The molecule has 104 heavy (non-hydrogen) atoms. The Kier molecular flexibility index (Phi) is 29.1. The van der Waals surface area contributed by atoms with Gasteiger partial charge in [0.05, 0.1) is 0 Å². The van der Waals surface area contributed by atoms with Gasteiger partial charge < -0.3 is 29.9 Å². The van der Waals surface area contributed by atoms with Gasteiger partial charge in [0.2, 0.25) is 0 Å². The summed E-state index contributed by atoms with van der Waals surface area (Å²) in [4.78, 5) is 26.0. The fourth-order valence-electron chi connectivity index (χ4n) is 10.8. The van der Waals surface area contributed by atoms with E-state index in [0.29, 0.717) is 0 Å². The summed E-state index contributed by atoms with van der Waals surface area (Å²) in [5, 5.41) is 0. The van der Waals surface area contributed by atoms with Gasteiger partial charge in [0.1, 0.15) is 0 Å². The molecule has 17 aromatic rings. The second-order valence-corrected chi connectivity index (χ2v) is 22.9. The van der Waals surface area contributed by atoms with Gasteiger partial charge in [0, 0.05) is 37.2 Å². The Morgan fingerprint density at radius 3 is 0.510 bits per heavy atom. The van der Waals surface area contributed by atoms with Crippen molar-refractivity contribution in [1.29, 1.82) is 0 Å². The monoisotopic (exact) mass is 1690 g/mol. The van der Waals surface area contributed by atoms with Crippen molar-refractivity contribution in [3.63, 3.8) is 0 Å². The van der Waals surface area contributed by atoms with Crippen molar-refractivity contribution < 1.29 is 40.2 Å². The Morgan fingerprint density at radius 1 is 0.144 bits per heavy atom. The molecule has 0 radical (unpaired) electrons. The molecule has 0 saturated carbocycles. The van der Waals surface area contributed by atoms with Gasteiger partial charge in [-0.3, -0.25) is 0 Å². The van der Waals surface area contributed by atoms with E-state index in [9.17, 15) is 0 Å². The summed E-state index contributed by atoms with van der Waals surface area (Å²) in [6.45, 7) is 0. The van der Waals surface area contributed by atoms with Crippen LogP contribution in [0.15, 0.2) is 413 Å². The molecular weight excluding hydrogens is 1620 g/mol. The van der Waals surface area contributed by atoms with E-state index in [1.54, 1.807) is 37.2 Å². The summed E-state index contributed by atoms with van der Waals surface area (Å²) in [5.74, 6) is 0. The number of benzene rings is 11. The van der Waals surface area contributed by atoms with Crippen molar-refractivity contribution in [2.45, 2.75) is 0 Å². The first kappa shape index (κ1) is 74.3. The smallest absolute Gasteiger partial charge is 0.305 e. The van der Waals surface area contributed by atoms with E-state index in [4.69, 9.17) is 0 Å². The zero-order chi connectivity index (χ0) is 69.3. The normalized spacial score (nSPS) is 9.96. The summed E-state index contributed by atoms with van der Waals surface area (Å²) in [6, 6.07) is 145. The zero-order valence-electron chi connectivity index (χ0n) is 56.6. The van der Waals surface area contributed by atoms with E-state index in [-0.39, 0.29) is 40.2 Å². The average molecular weight is 1690 g/mol. The summed E-state index contributed by atoms with van der Waals surface area (Å²) in [5.41, 5.74) is 23.9. The maximum Gasteiger partial charge on any atom is 3.00 e. The molecule has 8 heteroatoms. The predicted octanol–water partition coefficient (Wildman–Crippen LogP) is 23.6. The van der Waals surface area contributed by atoms with Crippen LogP contribution < -0.4 is 0 Å². The Morgan fingerprint density at radius 2 is 0.327 bits per heavy atom. The fourth-order valence-corrected chi connectivity index (χ4v) is 10.8. The minimum atomic E-state index is 0. The van der Waals surface area contributed by atoms with Gasteiger partial charge in [-0.25, -0.2) is 0 Å². The fraction of sp³-hybridized carbons (Fsp3) is 0. The van der Waals surface area contributed by atoms with Crippen LogP contribution in [-0.2, 0) is 40.2 Å². The first-order valence-electron chi connectivity index (χ1n) is 33.4. The van der Waals surface area contributed by atoms with Crippen molar-refractivity contribution in [3.8, 4) is 123 Å². The summed E-state index contributed by atoms with van der Waals surface area (Å²) < 4.78 is 0. The Bertz CT molecular complexity index is 4220. The van der Waals surface area contributed by atoms with Gasteiger partial charge in [-0.15, -0.1) is 213 Å². The Labute approximate surface area is 638 Å². The molecule has 0 aliphatic rings. The molecule has 0 aliphatic heterocycles. The van der Waals surface area contributed by atoms with Crippen molar-refractivity contribution >= 4 is 0 Å². The third-order valence-corrected chi connectivity index (χ3v) is 15.9. The van der Waals surface area contributed by atoms with Gasteiger partial charge >= 0.3 is 40.2 Å². The van der Waals surface area contributed by atoms with Crippen LogP contribution in [0, 0.1) is 36.4 Å². The minimum Gasteiger partial charge on any atom is -0.305 e. The molecule has 17 rings (SSSR count). The molecule has 0 fully saturated rings. The number of hydrogen-bond acceptors (Lipinski definition) is 6. The quantitative estimate of drug-likeness (QED) is 0.120. The maximum atomic E-state index is 4.35. The van der Waals surface area contributed by atoms with Crippen LogP contribution in [0.3, 0.4) is 0 Å². The summed E-state index contributed by atoms with van der Waals surface area (Å²) in [6.07, 6.45) is 10.8. The second kappa shape index (κ2) is 40.8.